The van der Waals surface area contributed by atoms with Gasteiger partial charge in [0, 0.05) is 13.8 Å². The number of ether oxygens (including phenoxy) is 2. The minimum absolute atomic E-state index is 0.232. The van der Waals surface area contributed by atoms with E-state index in [4.69, 9.17) is 9.47 Å². The Kier molecular flexibility index (Phi) is 7.43. The molecule has 0 aliphatic carbocycles. The molecular weight excluding hydrogens is 220 g/mol. The van der Waals surface area contributed by atoms with E-state index in [9.17, 15) is 9.59 Å². The standard InChI is InChI=1S/C11H12O4.C2H6/c1-8(12)14-7-10-3-5-11(6-4-10)15-9(2)13;1-2/h3-6H,7H2,1-2H3;1-2H3. The van der Waals surface area contributed by atoms with Crippen molar-refractivity contribution in [2.75, 3.05) is 0 Å². The highest BCUT2D eigenvalue weighted by atomic mass is 16.5. The number of hydrogen-bond donors (Lipinski definition) is 0. The van der Waals surface area contributed by atoms with E-state index in [-0.39, 0.29) is 18.5 Å². The van der Waals surface area contributed by atoms with Crippen LogP contribution in [0, 0.1) is 0 Å². The van der Waals surface area contributed by atoms with Crippen molar-refractivity contribution >= 4 is 11.9 Å². The first-order valence-electron chi connectivity index (χ1n) is 5.48. The number of benzene rings is 1. The Balaban J connectivity index is 0.00000121. The minimum Gasteiger partial charge on any atom is -0.461 e. The van der Waals surface area contributed by atoms with Gasteiger partial charge in [0.15, 0.2) is 0 Å². The second-order valence-electron chi connectivity index (χ2n) is 3.02. The van der Waals surface area contributed by atoms with Gasteiger partial charge in [-0.1, -0.05) is 26.0 Å². The summed E-state index contributed by atoms with van der Waals surface area (Å²) in [7, 11) is 0. The topological polar surface area (TPSA) is 52.6 Å². The Morgan fingerprint density at radius 1 is 1.00 bits per heavy atom. The maximum absolute atomic E-state index is 10.6. The van der Waals surface area contributed by atoms with Gasteiger partial charge in [-0.25, -0.2) is 0 Å². The molecule has 0 amide bonds. The van der Waals surface area contributed by atoms with Crippen molar-refractivity contribution < 1.29 is 19.1 Å². The van der Waals surface area contributed by atoms with Gasteiger partial charge in [0.05, 0.1) is 0 Å². The number of hydrogen-bond acceptors (Lipinski definition) is 4. The average molecular weight is 238 g/mol. The number of esters is 2. The number of carbonyl (C=O) groups is 2. The molecule has 0 aromatic heterocycles. The molecule has 94 valence electrons. The zero-order valence-corrected chi connectivity index (χ0v) is 10.6. The Hall–Kier alpha value is -1.84. The van der Waals surface area contributed by atoms with Crippen LogP contribution in [0.2, 0.25) is 0 Å². The molecule has 0 unspecified atom stereocenters. The van der Waals surface area contributed by atoms with Gasteiger partial charge in [0.25, 0.3) is 0 Å². The summed E-state index contributed by atoms with van der Waals surface area (Å²) < 4.78 is 9.65. The predicted octanol–water partition coefficient (Wildman–Crippen LogP) is 2.70. The Morgan fingerprint density at radius 2 is 1.53 bits per heavy atom. The molecule has 4 nitrogen and oxygen atoms in total. The molecule has 0 N–H and O–H groups in total. The first kappa shape index (κ1) is 15.2. The lowest BCUT2D eigenvalue weighted by Crippen LogP contribution is -2.02. The first-order chi connectivity index (χ1) is 8.08. The molecule has 1 aromatic rings. The van der Waals surface area contributed by atoms with Crippen LogP contribution in [0.5, 0.6) is 5.75 Å². The second-order valence-corrected chi connectivity index (χ2v) is 3.02. The predicted molar refractivity (Wildman–Crippen MR) is 64.6 cm³/mol. The summed E-state index contributed by atoms with van der Waals surface area (Å²) in [6.45, 7) is 6.93. The van der Waals surface area contributed by atoms with E-state index in [1.807, 2.05) is 13.8 Å². The zero-order valence-electron chi connectivity index (χ0n) is 10.6. The van der Waals surface area contributed by atoms with E-state index in [1.54, 1.807) is 24.3 Å². The number of carbonyl (C=O) groups excluding carboxylic acids is 2. The Labute approximate surface area is 102 Å². The second kappa shape index (κ2) is 8.33. The maximum atomic E-state index is 10.6. The highest BCUT2D eigenvalue weighted by Gasteiger charge is 1.99. The van der Waals surface area contributed by atoms with Gasteiger partial charge < -0.3 is 9.47 Å². The molecule has 0 aliphatic heterocycles. The van der Waals surface area contributed by atoms with Crippen molar-refractivity contribution in [3.63, 3.8) is 0 Å². The fourth-order valence-corrected chi connectivity index (χ4v) is 1.00. The van der Waals surface area contributed by atoms with Crippen LogP contribution in [-0.4, -0.2) is 11.9 Å². The summed E-state index contributed by atoms with van der Waals surface area (Å²) in [5.74, 6) is -0.198. The first-order valence-corrected chi connectivity index (χ1v) is 5.48. The van der Waals surface area contributed by atoms with Crippen molar-refractivity contribution in [1.29, 1.82) is 0 Å². The molecule has 1 rings (SSSR count). The van der Waals surface area contributed by atoms with Gasteiger partial charge in [0.2, 0.25) is 0 Å². The Bertz CT molecular complexity index is 354. The lowest BCUT2D eigenvalue weighted by atomic mass is 10.2. The Morgan fingerprint density at radius 3 is 1.94 bits per heavy atom. The van der Waals surface area contributed by atoms with Crippen LogP contribution in [0.15, 0.2) is 24.3 Å². The van der Waals surface area contributed by atoms with Crippen LogP contribution in [0.1, 0.15) is 33.3 Å². The lowest BCUT2D eigenvalue weighted by molar-refractivity contribution is -0.142. The quantitative estimate of drug-likeness (QED) is 0.600. The average Bonchev–Trinajstić information content (AvgIpc) is 2.30. The molecule has 0 fully saturated rings. The van der Waals surface area contributed by atoms with Crippen LogP contribution in [0.3, 0.4) is 0 Å². The summed E-state index contributed by atoms with van der Waals surface area (Å²) >= 11 is 0. The molecular formula is C13H18O4. The van der Waals surface area contributed by atoms with Crippen LogP contribution in [0.4, 0.5) is 0 Å². The van der Waals surface area contributed by atoms with E-state index < -0.39 is 0 Å². The van der Waals surface area contributed by atoms with E-state index in [1.165, 1.54) is 13.8 Å². The van der Waals surface area contributed by atoms with E-state index in [2.05, 4.69) is 0 Å². The third kappa shape index (κ3) is 7.11. The fraction of sp³-hybridized carbons (Fsp3) is 0.385. The van der Waals surface area contributed by atoms with Gasteiger partial charge >= 0.3 is 11.9 Å². The summed E-state index contributed by atoms with van der Waals surface area (Å²) in [5, 5.41) is 0. The zero-order chi connectivity index (χ0) is 13.3. The molecule has 0 heterocycles. The van der Waals surface area contributed by atoms with Crippen molar-refractivity contribution in [2.45, 2.75) is 34.3 Å². The fourth-order valence-electron chi connectivity index (χ4n) is 1.00. The highest BCUT2D eigenvalue weighted by molar-refractivity contribution is 5.69. The van der Waals surface area contributed by atoms with Crippen molar-refractivity contribution in [1.82, 2.24) is 0 Å². The molecule has 1 aromatic carbocycles. The summed E-state index contributed by atoms with van der Waals surface area (Å²) in [5.41, 5.74) is 0.848. The molecule has 0 saturated carbocycles. The molecule has 0 spiro atoms. The maximum Gasteiger partial charge on any atom is 0.308 e. The van der Waals surface area contributed by atoms with Crippen LogP contribution in [0.25, 0.3) is 0 Å². The normalized spacial score (nSPS) is 8.71. The third-order valence-electron chi connectivity index (χ3n) is 1.63. The van der Waals surface area contributed by atoms with Gasteiger partial charge in [-0.05, 0) is 17.7 Å². The molecule has 0 radical (unpaired) electrons. The van der Waals surface area contributed by atoms with Gasteiger partial charge in [-0.3, -0.25) is 9.59 Å². The SMILES string of the molecule is CC.CC(=O)OCc1ccc(OC(C)=O)cc1. The van der Waals surface area contributed by atoms with Gasteiger partial charge in [-0.2, -0.15) is 0 Å². The van der Waals surface area contributed by atoms with E-state index in [0.717, 1.165) is 5.56 Å². The minimum atomic E-state index is -0.359. The van der Waals surface area contributed by atoms with Crippen LogP contribution >= 0.6 is 0 Å². The molecule has 17 heavy (non-hydrogen) atoms. The largest absolute Gasteiger partial charge is 0.461 e. The summed E-state index contributed by atoms with van der Waals surface area (Å²) in [6.07, 6.45) is 0. The van der Waals surface area contributed by atoms with Crippen molar-refractivity contribution in [3.05, 3.63) is 29.8 Å². The van der Waals surface area contributed by atoms with E-state index >= 15 is 0 Å². The molecule has 0 bridgehead atoms. The van der Waals surface area contributed by atoms with Gasteiger partial charge in [0.1, 0.15) is 12.4 Å². The third-order valence-corrected chi connectivity index (χ3v) is 1.63. The lowest BCUT2D eigenvalue weighted by Gasteiger charge is -2.04. The highest BCUT2D eigenvalue weighted by Crippen LogP contribution is 2.12. The number of rotatable bonds is 3. The van der Waals surface area contributed by atoms with E-state index in [0.29, 0.717) is 5.75 Å². The summed E-state index contributed by atoms with van der Waals surface area (Å²) in [4.78, 5) is 21.2. The van der Waals surface area contributed by atoms with Gasteiger partial charge in [-0.15, -0.1) is 0 Å². The smallest absolute Gasteiger partial charge is 0.308 e. The molecule has 0 aliphatic rings. The van der Waals surface area contributed by atoms with Crippen molar-refractivity contribution in [3.8, 4) is 5.75 Å². The summed E-state index contributed by atoms with van der Waals surface area (Å²) in [6, 6.07) is 6.78. The molecule has 4 heteroatoms. The molecule has 0 saturated heterocycles. The molecule has 0 atom stereocenters. The van der Waals surface area contributed by atoms with Crippen LogP contribution in [-0.2, 0) is 20.9 Å². The van der Waals surface area contributed by atoms with Crippen molar-refractivity contribution in [2.24, 2.45) is 0 Å². The monoisotopic (exact) mass is 238 g/mol. The van der Waals surface area contributed by atoms with Crippen LogP contribution < -0.4 is 4.74 Å².